The minimum absolute atomic E-state index is 0.0558. The second-order valence-corrected chi connectivity index (χ2v) is 5.26. The van der Waals surface area contributed by atoms with E-state index in [2.05, 4.69) is 10.6 Å². The maximum atomic E-state index is 13.6. The number of rotatable bonds is 2. The van der Waals surface area contributed by atoms with Crippen LogP contribution >= 0.6 is 12.2 Å². The van der Waals surface area contributed by atoms with E-state index in [9.17, 15) is 30.7 Å². The van der Waals surface area contributed by atoms with Gasteiger partial charge in [0, 0.05) is 5.69 Å². The Kier molecular flexibility index (Phi) is 5.21. The molecule has 0 bridgehead atoms. The van der Waals surface area contributed by atoms with Crippen molar-refractivity contribution in [1.82, 2.24) is 0 Å². The fraction of sp³-hybridized carbons (Fsp3) is 0.133. The molecular formula is C15H9F7N2S. The molecular weight excluding hydrogens is 373 g/mol. The molecule has 2 nitrogen and oxygen atoms in total. The highest BCUT2D eigenvalue weighted by atomic mass is 32.1. The van der Waals surface area contributed by atoms with E-state index >= 15 is 0 Å². The molecule has 2 N–H and O–H groups in total. The first-order chi connectivity index (χ1) is 11.5. The molecule has 134 valence electrons. The van der Waals surface area contributed by atoms with E-state index in [1.54, 1.807) is 0 Å². The van der Waals surface area contributed by atoms with Crippen molar-refractivity contribution in [2.75, 3.05) is 10.6 Å². The summed E-state index contributed by atoms with van der Waals surface area (Å²) >= 11 is 4.80. The highest BCUT2D eigenvalue weighted by Crippen LogP contribution is 2.32. The van der Waals surface area contributed by atoms with Crippen molar-refractivity contribution in [3.05, 3.63) is 59.4 Å². The topological polar surface area (TPSA) is 24.1 Å². The van der Waals surface area contributed by atoms with Crippen LogP contribution in [0.15, 0.2) is 42.5 Å². The number of benzene rings is 2. The molecule has 25 heavy (non-hydrogen) atoms. The summed E-state index contributed by atoms with van der Waals surface area (Å²) in [4.78, 5) is 0. The molecule has 0 heterocycles. The van der Waals surface area contributed by atoms with Gasteiger partial charge in [0.25, 0.3) is 0 Å². The van der Waals surface area contributed by atoms with Gasteiger partial charge in [0.15, 0.2) is 5.11 Å². The predicted octanol–water partition coefficient (Wildman–Crippen LogP) is 5.67. The first kappa shape index (κ1) is 19.0. The van der Waals surface area contributed by atoms with E-state index in [4.69, 9.17) is 12.2 Å². The lowest BCUT2D eigenvalue weighted by Gasteiger charge is -2.14. The molecule has 0 unspecified atom stereocenters. The van der Waals surface area contributed by atoms with Crippen LogP contribution in [0, 0.1) is 5.82 Å². The maximum absolute atomic E-state index is 13.6. The van der Waals surface area contributed by atoms with Crippen LogP contribution in [-0.4, -0.2) is 5.11 Å². The number of thiocarbonyl (C=S) groups is 1. The first-order valence-corrected chi connectivity index (χ1v) is 6.99. The van der Waals surface area contributed by atoms with Crippen LogP contribution in [-0.2, 0) is 12.4 Å². The van der Waals surface area contributed by atoms with Crippen LogP contribution in [0.3, 0.4) is 0 Å². The fourth-order valence-electron chi connectivity index (χ4n) is 1.86. The highest BCUT2D eigenvalue weighted by molar-refractivity contribution is 7.80. The Hall–Kier alpha value is -2.36. The van der Waals surface area contributed by atoms with Crippen molar-refractivity contribution < 1.29 is 30.7 Å². The van der Waals surface area contributed by atoms with E-state index in [0.717, 1.165) is 18.2 Å². The van der Waals surface area contributed by atoms with E-state index in [-0.39, 0.29) is 10.8 Å². The van der Waals surface area contributed by atoms with Gasteiger partial charge in [-0.05, 0) is 48.6 Å². The Bertz CT molecular complexity index is 784. The third kappa shape index (κ3) is 5.05. The largest absolute Gasteiger partial charge is 0.416 e. The molecule has 0 saturated heterocycles. The van der Waals surface area contributed by atoms with Crippen LogP contribution in [0.5, 0.6) is 0 Å². The van der Waals surface area contributed by atoms with Gasteiger partial charge in [0.2, 0.25) is 0 Å². The lowest BCUT2D eigenvalue weighted by molar-refractivity contribution is -0.138. The third-order valence-corrected chi connectivity index (χ3v) is 3.19. The molecule has 0 saturated carbocycles. The normalized spacial score (nSPS) is 12.0. The maximum Gasteiger partial charge on any atom is 0.416 e. The van der Waals surface area contributed by atoms with E-state index in [1.165, 1.54) is 6.07 Å². The molecule has 0 aliphatic heterocycles. The Morgan fingerprint density at radius 2 is 1.40 bits per heavy atom. The molecule has 2 aromatic carbocycles. The lowest BCUT2D eigenvalue weighted by atomic mass is 10.2. The van der Waals surface area contributed by atoms with Gasteiger partial charge in [-0.15, -0.1) is 0 Å². The van der Waals surface area contributed by atoms with Crippen LogP contribution < -0.4 is 10.6 Å². The van der Waals surface area contributed by atoms with Crippen molar-refractivity contribution in [2.45, 2.75) is 12.4 Å². The zero-order chi connectivity index (χ0) is 18.8. The molecule has 10 heteroatoms. The van der Waals surface area contributed by atoms with Crippen LogP contribution in [0.1, 0.15) is 11.1 Å². The molecule has 0 spiro atoms. The minimum atomic E-state index is -4.68. The number of nitrogens with one attached hydrogen (secondary N) is 2. The number of hydrogen-bond acceptors (Lipinski definition) is 1. The number of halogens is 7. The molecule has 0 fully saturated rings. The molecule has 0 aromatic heterocycles. The highest BCUT2D eigenvalue weighted by Gasteiger charge is 2.31. The number of anilines is 2. The smallest absolute Gasteiger partial charge is 0.332 e. The predicted molar refractivity (Wildman–Crippen MR) is 82.7 cm³/mol. The quantitative estimate of drug-likeness (QED) is 0.517. The van der Waals surface area contributed by atoms with Gasteiger partial charge in [0.1, 0.15) is 5.82 Å². The standard InChI is InChI=1S/C15H9F7N2S/c16-11-5-4-9(15(20,21)22)7-12(11)24-13(25)23-10-3-1-2-8(6-10)14(17,18)19/h1-7H,(H2,23,24,25). The Balaban J connectivity index is 2.16. The summed E-state index contributed by atoms with van der Waals surface area (Å²) in [5, 5.41) is 4.19. The molecule has 0 radical (unpaired) electrons. The van der Waals surface area contributed by atoms with Crippen molar-refractivity contribution in [3.8, 4) is 0 Å². The monoisotopic (exact) mass is 382 g/mol. The Morgan fingerprint density at radius 1 is 0.800 bits per heavy atom. The van der Waals surface area contributed by atoms with Crippen molar-refractivity contribution in [3.63, 3.8) is 0 Å². The Morgan fingerprint density at radius 3 is 2.00 bits per heavy atom. The summed E-state index contributed by atoms with van der Waals surface area (Å²) in [6.07, 6.45) is -9.25. The molecule has 0 amide bonds. The van der Waals surface area contributed by atoms with Gasteiger partial charge < -0.3 is 10.6 Å². The fourth-order valence-corrected chi connectivity index (χ4v) is 2.08. The van der Waals surface area contributed by atoms with Gasteiger partial charge in [-0.2, -0.15) is 26.3 Å². The first-order valence-electron chi connectivity index (χ1n) is 6.59. The number of hydrogen-bond donors (Lipinski definition) is 2. The average Bonchev–Trinajstić information content (AvgIpc) is 2.47. The second-order valence-electron chi connectivity index (χ2n) is 4.85. The van der Waals surface area contributed by atoms with E-state index < -0.39 is 35.0 Å². The lowest BCUT2D eigenvalue weighted by Crippen LogP contribution is -2.20. The van der Waals surface area contributed by atoms with E-state index in [1.807, 2.05) is 0 Å². The molecule has 0 atom stereocenters. The molecule has 2 rings (SSSR count). The zero-order valence-corrected chi connectivity index (χ0v) is 12.9. The SMILES string of the molecule is Fc1ccc(C(F)(F)F)cc1NC(=S)Nc1cccc(C(F)(F)F)c1. The van der Waals surface area contributed by atoms with Gasteiger partial charge in [0.05, 0.1) is 16.8 Å². The summed E-state index contributed by atoms with van der Waals surface area (Å²) < 4.78 is 89.4. The number of alkyl halides is 6. The summed E-state index contributed by atoms with van der Waals surface area (Å²) in [5.74, 6) is -0.999. The van der Waals surface area contributed by atoms with Crippen molar-refractivity contribution in [1.29, 1.82) is 0 Å². The van der Waals surface area contributed by atoms with Crippen LogP contribution in [0.2, 0.25) is 0 Å². The Labute approximate surface area is 142 Å². The molecule has 0 aliphatic rings. The summed E-state index contributed by atoms with van der Waals surface area (Å²) in [5.41, 5.74) is -2.65. The average molecular weight is 382 g/mol. The van der Waals surface area contributed by atoms with Crippen LogP contribution in [0.4, 0.5) is 42.1 Å². The molecule has 2 aromatic rings. The van der Waals surface area contributed by atoms with Gasteiger partial charge in [-0.25, -0.2) is 4.39 Å². The van der Waals surface area contributed by atoms with Crippen molar-refractivity contribution in [2.24, 2.45) is 0 Å². The summed E-state index contributed by atoms with van der Waals surface area (Å²) in [6.45, 7) is 0. The van der Waals surface area contributed by atoms with Crippen molar-refractivity contribution >= 4 is 28.7 Å². The summed E-state index contributed by atoms with van der Waals surface area (Å²) in [6, 6.07) is 5.67. The van der Waals surface area contributed by atoms with Gasteiger partial charge in [-0.3, -0.25) is 0 Å². The zero-order valence-electron chi connectivity index (χ0n) is 12.1. The van der Waals surface area contributed by atoms with E-state index in [0.29, 0.717) is 18.2 Å². The third-order valence-electron chi connectivity index (χ3n) is 2.99. The van der Waals surface area contributed by atoms with Crippen LogP contribution in [0.25, 0.3) is 0 Å². The van der Waals surface area contributed by atoms with Gasteiger partial charge in [-0.1, -0.05) is 6.07 Å². The van der Waals surface area contributed by atoms with Gasteiger partial charge >= 0.3 is 12.4 Å². The second kappa shape index (κ2) is 6.87. The molecule has 0 aliphatic carbocycles. The minimum Gasteiger partial charge on any atom is -0.332 e. The summed E-state index contributed by atoms with van der Waals surface area (Å²) in [7, 11) is 0.